The van der Waals surface area contributed by atoms with Crippen LogP contribution >= 0.6 is 0 Å². The highest BCUT2D eigenvalue weighted by molar-refractivity contribution is 5.40. The van der Waals surface area contributed by atoms with Gasteiger partial charge in [0.05, 0.1) is 5.56 Å². The molecule has 0 bridgehead atoms. The van der Waals surface area contributed by atoms with Gasteiger partial charge in [0.1, 0.15) is 0 Å². The fourth-order valence-electron chi connectivity index (χ4n) is 1.81. The van der Waals surface area contributed by atoms with E-state index in [2.05, 4.69) is 0 Å². The van der Waals surface area contributed by atoms with E-state index in [1.807, 2.05) is 0 Å². The van der Waals surface area contributed by atoms with Crippen LogP contribution in [0, 0.1) is 24.4 Å². The lowest BCUT2D eigenvalue weighted by Crippen LogP contribution is -2.17. The monoisotopic (exact) mass is 256 g/mol. The molecule has 0 aromatic heterocycles. The summed E-state index contributed by atoms with van der Waals surface area (Å²) < 4.78 is 77.2. The SMILES string of the molecule is Cc1c(C(C)C)c(F)c(F)c(F)c1C(F)(F)F. The minimum absolute atomic E-state index is 0.448. The Bertz CT molecular complexity index is 445. The highest BCUT2D eigenvalue weighted by Crippen LogP contribution is 2.39. The standard InChI is InChI=1S/C11H10F6/c1-4(2)6-5(3)7(11(15,16)17)9(13)10(14)8(6)12/h4H,1-3H3. The maximum Gasteiger partial charge on any atom is 0.419 e. The second-order valence-corrected chi connectivity index (χ2v) is 4.01. The van der Waals surface area contributed by atoms with Crippen molar-refractivity contribution in [1.29, 1.82) is 0 Å². The van der Waals surface area contributed by atoms with Gasteiger partial charge in [0, 0.05) is 0 Å². The molecule has 0 saturated heterocycles. The molecule has 0 unspecified atom stereocenters. The van der Waals surface area contributed by atoms with Crippen molar-refractivity contribution in [3.63, 3.8) is 0 Å². The van der Waals surface area contributed by atoms with Gasteiger partial charge in [-0.2, -0.15) is 13.2 Å². The molecule has 0 fully saturated rings. The molecule has 96 valence electrons. The Labute approximate surface area is 94.2 Å². The van der Waals surface area contributed by atoms with Crippen molar-refractivity contribution in [2.75, 3.05) is 0 Å². The number of benzene rings is 1. The number of halogens is 6. The molecule has 0 spiro atoms. The van der Waals surface area contributed by atoms with E-state index in [0.717, 1.165) is 6.92 Å². The third-order valence-electron chi connectivity index (χ3n) is 2.48. The molecule has 0 N–H and O–H groups in total. The fourth-order valence-corrected chi connectivity index (χ4v) is 1.81. The van der Waals surface area contributed by atoms with Crippen molar-refractivity contribution in [3.05, 3.63) is 34.1 Å². The molecule has 17 heavy (non-hydrogen) atoms. The van der Waals surface area contributed by atoms with Crippen molar-refractivity contribution in [3.8, 4) is 0 Å². The van der Waals surface area contributed by atoms with E-state index in [-0.39, 0.29) is 0 Å². The summed E-state index contributed by atoms with van der Waals surface area (Å²) in [5.41, 5.74) is -2.79. The van der Waals surface area contributed by atoms with Crippen LogP contribution in [0.25, 0.3) is 0 Å². The minimum Gasteiger partial charge on any atom is -0.203 e. The summed E-state index contributed by atoms with van der Waals surface area (Å²) in [5, 5.41) is 0. The quantitative estimate of drug-likeness (QED) is 0.510. The zero-order valence-corrected chi connectivity index (χ0v) is 9.35. The van der Waals surface area contributed by atoms with Crippen molar-refractivity contribution < 1.29 is 26.3 Å². The fraction of sp³-hybridized carbons (Fsp3) is 0.455. The molecule has 1 rings (SSSR count). The zero-order valence-electron chi connectivity index (χ0n) is 9.35. The first-order valence-electron chi connectivity index (χ1n) is 4.83. The van der Waals surface area contributed by atoms with Crippen LogP contribution in [0.2, 0.25) is 0 Å². The molecule has 1 aromatic carbocycles. The Morgan fingerprint density at radius 2 is 1.35 bits per heavy atom. The van der Waals surface area contributed by atoms with Gasteiger partial charge in [0.25, 0.3) is 0 Å². The van der Waals surface area contributed by atoms with Gasteiger partial charge < -0.3 is 0 Å². The molecule has 0 radical (unpaired) electrons. The van der Waals surface area contributed by atoms with E-state index in [0.29, 0.717) is 0 Å². The van der Waals surface area contributed by atoms with Crippen LogP contribution in [0.4, 0.5) is 26.3 Å². The van der Waals surface area contributed by atoms with Crippen molar-refractivity contribution >= 4 is 0 Å². The van der Waals surface area contributed by atoms with E-state index in [9.17, 15) is 26.3 Å². The summed E-state index contributed by atoms with van der Waals surface area (Å²) in [7, 11) is 0. The third kappa shape index (κ3) is 2.25. The maximum absolute atomic E-state index is 13.4. The van der Waals surface area contributed by atoms with Gasteiger partial charge in [-0.3, -0.25) is 0 Å². The Morgan fingerprint density at radius 1 is 0.882 bits per heavy atom. The molecule has 0 aliphatic rings. The van der Waals surface area contributed by atoms with Gasteiger partial charge in [-0.25, -0.2) is 13.2 Å². The summed E-state index contributed by atoms with van der Waals surface area (Å²) in [6.07, 6.45) is -5.05. The van der Waals surface area contributed by atoms with Gasteiger partial charge in [0.15, 0.2) is 17.5 Å². The number of hydrogen-bond acceptors (Lipinski definition) is 0. The van der Waals surface area contributed by atoms with E-state index in [4.69, 9.17) is 0 Å². The normalized spacial score (nSPS) is 12.4. The van der Waals surface area contributed by atoms with Gasteiger partial charge in [-0.15, -0.1) is 0 Å². The topological polar surface area (TPSA) is 0 Å². The van der Waals surface area contributed by atoms with E-state index < -0.39 is 46.2 Å². The maximum atomic E-state index is 13.4. The van der Waals surface area contributed by atoms with Gasteiger partial charge in [-0.05, 0) is 24.0 Å². The molecule has 0 aliphatic carbocycles. The van der Waals surface area contributed by atoms with Crippen molar-refractivity contribution in [1.82, 2.24) is 0 Å². The molecule has 0 heterocycles. The van der Waals surface area contributed by atoms with Crippen LogP contribution in [0.15, 0.2) is 0 Å². The predicted molar refractivity (Wildman–Crippen MR) is 50.1 cm³/mol. The highest BCUT2D eigenvalue weighted by atomic mass is 19.4. The summed E-state index contributed by atoms with van der Waals surface area (Å²) in [6, 6.07) is 0. The molecular formula is C11H10F6. The summed E-state index contributed by atoms with van der Waals surface area (Å²) in [6.45, 7) is 3.75. The lowest BCUT2D eigenvalue weighted by atomic mass is 9.92. The lowest BCUT2D eigenvalue weighted by molar-refractivity contribution is -0.140. The Balaban J connectivity index is 3.75. The first kappa shape index (κ1) is 13.9. The van der Waals surface area contributed by atoms with E-state index >= 15 is 0 Å². The average molecular weight is 256 g/mol. The van der Waals surface area contributed by atoms with E-state index in [1.165, 1.54) is 13.8 Å². The molecule has 0 saturated carbocycles. The molecule has 0 amide bonds. The number of rotatable bonds is 1. The molecule has 1 aromatic rings. The van der Waals surface area contributed by atoms with Crippen LogP contribution < -0.4 is 0 Å². The largest absolute Gasteiger partial charge is 0.419 e. The van der Waals surface area contributed by atoms with Gasteiger partial charge >= 0.3 is 6.18 Å². The summed E-state index contributed by atoms with van der Waals surface area (Å²) >= 11 is 0. The number of hydrogen-bond donors (Lipinski definition) is 0. The Kier molecular flexibility index (Phi) is 3.45. The molecule has 6 heteroatoms. The zero-order chi connectivity index (χ0) is 13.5. The van der Waals surface area contributed by atoms with Crippen LogP contribution in [0.5, 0.6) is 0 Å². The Morgan fingerprint density at radius 3 is 1.71 bits per heavy atom. The minimum atomic E-state index is -5.05. The molecule has 0 atom stereocenters. The van der Waals surface area contributed by atoms with Crippen LogP contribution in [0.3, 0.4) is 0 Å². The van der Waals surface area contributed by atoms with Crippen LogP contribution in [-0.4, -0.2) is 0 Å². The summed E-state index contributed by atoms with van der Waals surface area (Å²) in [5.74, 6) is -6.49. The summed E-state index contributed by atoms with van der Waals surface area (Å²) in [4.78, 5) is 0. The Hall–Kier alpha value is -1.20. The van der Waals surface area contributed by atoms with E-state index in [1.54, 1.807) is 0 Å². The smallest absolute Gasteiger partial charge is 0.203 e. The van der Waals surface area contributed by atoms with Crippen molar-refractivity contribution in [2.24, 2.45) is 0 Å². The van der Waals surface area contributed by atoms with Crippen LogP contribution in [0.1, 0.15) is 36.5 Å². The predicted octanol–water partition coefficient (Wildman–Crippen LogP) is 4.55. The molecule has 0 aliphatic heterocycles. The van der Waals surface area contributed by atoms with Gasteiger partial charge in [0.2, 0.25) is 0 Å². The van der Waals surface area contributed by atoms with Crippen LogP contribution in [-0.2, 0) is 6.18 Å². The molecular weight excluding hydrogens is 246 g/mol. The number of alkyl halides is 3. The second kappa shape index (κ2) is 4.23. The van der Waals surface area contributed by atoms with Gasteiger partial charge in [-0.1, -0.05) is 13.8 Å². The highest BCUT2D eigenvalue weighted by Gasteiger charge is 2.40. The first-order valence-corrected chi connectivity index (χ1v) is 4.83. The first-order chi connectivity index (χ1) is 7.59. The average Bonchev–Trinajstić information content (AvgIpc) is 2.11. The van der Waals surface area contributed by atoms with Crippen molar-refractivity contribution in [2.45, 2.75) is 32.9 Å². The molecule has 0 nitrogen and oxygen atoms in total. The second-order valence-electron chi connectivity index (χ2n) is 4.01. The third-order valence-corrected chi connectivity index (χ3v) is 2.48. The lowest BCUT2D eigenvalue weighted by Gasteiger charge is -2.18.